The van der Waals surface area contributed by atoms with E-state index in [0.717, 1.165) is 13.1 Å². The number of hydrogen-bond acceptors (Lipinski definition) is 2. The Morgan fingerprint density at radius 3 is 2.22 bits per heavy atom. The minimum absolute atomic E-state index is 0.176. The van der Waals surface area contributed by atoms with Gasteiger partial charge >= 0.3 is 0 Å². The van der Waals surface area contributed by atoms with E-state index >= 15 is 0 Å². The fraction of sp³-hybridized carbons (Fsp3) is 0.600. The van der Waals surface area contributed by atoms with E-state index in [2.05, 4.69) is 32.6 Å². The van der Waals surface area contributed by atoms with E-state index in [4.69, 9.17) is 5.73 Å². The zero-order chi connectivity index (χ0) is 13.8. The first-order chi connectivity index (χ1) is 8.45. The molecule has 2 nitrogen and oxygen atoms in total. The summed E-state index contributed by atoms with van der Waals surface area (Å²) >= 11 is 0. The van der Waals surface area contributed by atoms with E-state index in [0.29, 0.717) is 12.1 Å². The topological polar surface area (TPSA) is 29.3 Å². The molecule has 0 radical (unpaired) electrons. The Kier molecular flexibility index (Phi) is 5.29. The molecule has 0 aliphatic heterocycles. The third kappa shape index (κ3) is 3.09. The van der Waals surface area contributed by atoms with Crippen molar-refractivity contribution in [3.63, 3.8) is 0 Å². The van der Waals surface area contributed by atoms with Crippen LogP contribution in [-0.4, -0.2) is 24.5 Å². The van der Waals surface area contributed by atoms with Gasteiger partial charge in [0.25, 0.3) is 0 Å². The average Bonchev–Trinajstić information content (AvgIpc) is 2.36. The van der Waals surface area contributed by atoms with Crippen molar-refractivity contribution in [3.8, 4) is 0 Å². The molecule has 0 fully saturated rings. The predicted octanol–water partition coefficient (Wildman–Crippen LogP) is 2.98. The molecular formula is C15H25FN2. The molecule has 3 heteroatoms. The van der Waals surface area contributed by atoms with Crippen LogP contribution >= 0.6 is 0 Å². The summed E-state index contributed by atoms with van der Waals surface area (Å²) in [4.78, 5) is 2.24. The van der Waals surface area contributed by atoms with Crippen molar-refractivity contribution in [1.82, 2.24) is 4.90 Å². The van der Waals surface area contributed by atoms with Gasteiger partial charge in [-0.25, -0.2) is 4.39 Å². The van der Waals surface area contributed by atoms with Gasteiger partial charge in [-0.05, 0) is 25.1 Å². The Labute approximate surface area is 110 Å². The monoisotopic (exact) mass is 252 g/mol. The maximum Gasteiger partial charge on any atom is 0.128 e. The summed E-state index contributed by atoms with van der Waals surface area (Å²) in [5.41, 5.74) is 6.51. The SMILES string of the molecule is CCN(CC)CC(N)(c1ccccc1F)C(C)C. The molecule has 0 aliphatic carbocycles. The third-order valence-electron chi connectivity index (χ3n) is 3.79. The maximum atomic E-state index is 14.0. The zero-order valence-electron chi connectivity index (χ0n) is 11.9. The zero-order valence-corrected chi connectivity index (χ0v) is 11.9. The molecule has 0 saturated carbocycles. The molecule has 18 heavy (non-hydrogen) atoms. The molecule has 0 amide bonds. The number of nitrogens with zero attached hydrogens (tertiary/aromatic N) is 1. The van der Waals surface area contributed by atoms with E-state index in [-0.39, 0.29) is 11.7 Å². The molecule has 1 aromatic rings. The Hall–Kier alpha value is -0.930. The highest BCUT2D eigenvalue weighted by Gasteiger charge is 2.34. The highest BCUT2D eigenvalue weighted by atomic mass is 19.1. The second-order valence-corrected chi connectivity index (χ2v) is 5.14. The molecule has 0 heterocycles. The summed E-state index contributed by atoms with van der Waals surface area (Å²) in [6, 6.07) is 6.85. The number of nitrogens with two attached hydrogens (primary N) is 1. The van der Waals surface area contributed by atoms with Gasteiger partial charge in [0, 0.05) is 12.1 Å². The smallest absolute Gasteiger partial charge is 0.128 e. The van der Waals surface area contributed by atoms with Crippen LogP contribution in [0, 0.1) is 11.7 Å². The fourth-order valence-corrected chi connectivity index (χ4v) is 2.23. The maximum absolute atomic E-state index is 14.0. The van der Waals surface area contributed by atoms with Gasteiger partial charge in [-0.2, -0.15) is 0 Å². The van der Waals surface area contributed by atoms with E-state index < -0.39 is 5.54 Å². The summed E-state index contributed by atoms with van der Waals surface area (Å²) in [5, 5.41) is 0. The molecule has 0 aliphatic rings. The van der Waals surface area contributed by atoms with Crippen LogP contribution in [0.1, 0.15) is 33.3 Å². The van der Waals surface area contributed by atoms with Gasteiger partial charge in [0.05, 0.1) is 5.54 Å². The summed E-state index contributed by atoms with van der Waals surface area (Å²) in [7, 11) is 0. The fourth-order valence-electron chi connectivity index (χ4n) is 2.23. The van der Waals surface area contributed by atoms with Crippen molar-refractivity contribution in [2.75, 3.05) is 19.6 Å². The lowest BCUT2D eigenvalue weighted by Crippen LogP contribution is -2.51. The van der Waals surface area contributed by atoms with Crippen LogP contribution in [0.4, 0.5) is 4.39 Å². The molecule has 1 atom stereocenters. The lowest BCUT2D eigenvalue weighted by molar-refractivity contribution is 0.180. The average molecular weight is 252 g/mol. The van der Waals surface area contributed by atoms with Gasteiger partial charge in [0.15, 0.2) is 0 Å². The molecular weight excluding hydrogens is 227 g/mol. The van der Waals surface area contributed by atoms with E-state index in [1.807, 2.05) is 6.07 Å². The number of rotatable bonds is 6. The van der Waals surface area contributed by atoms with E-state index in [1.54, 1.807) is 12.1 Å². The van der Waals surface area contributed by atoms with Gasteiger partial charge in [0.2, 0.25) is 0 Å². The Morgan fingerprint density at radius 2 is 1.78 bits per heavy atom. The van der Waals surface area contributed by atoms with Crippen LogP contribution in [0.5, 0.6) is 0 Å². The third-order valence-corrected chi connectivity index (χ3v) is 3.79. The van der Waals surface area contributed by atoms with Gasteiger partial charge in [0.1, 0.15) is 5.82 Å². The number of likely N-dealkylation sites (N-methyl/N-ethyl adjacent to an activating group) is 1. The van der Waals surface area contributed by atoms with Crippen molar-refractivity contribution >= 4 is 0 Å². The Morgan fingerprint density at radius 1 is 1.22 bits per heavy atom. The minimum atomic E-state index is -0.642. The molecule has 2 N–H and O–H groups in total. The van der Waals surface area contributed by atoms with Gasteiger partial charge < -0.3 is 10.6 Å². The first kappa shape index (κ1) is 15.1. The number of halogens is 1. The van der Waals surface area contributed by atoms with Crippen molar-refractivity contribution < 1.29 is 4.39 Å². The molecule has 1 rings (SSSR count). The number of benzene rings is 1. The van der Waals surface area contributed by atoms with Crippen LogP contribution in [0.25, 0.3) is 0 Å². The quantitative estimate of drug-likeness (QED) is 0.843. The molecule has 0 bridgehead atoms. The van der Waals surface area contributed by atoms with Crippen molar-refractivity contribution in [2.24, 2.45) is 11.7 Å². The Bertz CT molecular complexity index is 375. The van der Waals surface area contributed by atoms with E-state index in [9.17, 15) is 4.39 Å². The standard InChI is InChI=1S/C15H25FN2/c1-5-18(6-2)11-15(17,12(3)4)13-9-7-8-10-14(13)16/h7-10,12H,5-6,11,17H2,1-4H3. The van der Waals surface area contributed by atoms with Crippen LogP contribution in [0.3, 0.4) is 0 Å². The highest BCUT2D eigenvalue weighted by Crippen LogP contribution is 2.29. The minimum Gasteiger partial charge on any atom is -0.320 e. The van der Waals surface area contributed by atoms with Crippen LogP contribution in [0.15, 0.2) is 24.3 Å². The largest absolute Gasteiger partial charge is 0.320 e. The second-order valence-electron chi connectivity index (χ2n) is 5.14. The molecule has 0 spiro atoms. The molecule has 1 aromatic carbocycles. The van der Waals surface area contributed by atoms with Crippen LogP contribution in [0.2, 0.25) is 0 Å². The lowest BCUT2D eigenvalue weighted by atomic mass is 9.80. The molecule has 0 aromatic heterocycles. The van der Waals surface area contributed by atoms with Gasteiger partial charge in [-0.3, -0.25) is 0 Å². The molecule has 1 unspecified atom stereocenters. The molecule has 0 saturated heterocycles. The predicted molar refractivity (Wildman–Crippen MR) is 74.9 cm³/mol. The second kappa shape index (κ2) is 6.30. The lowest BCUT2D eigenvalue weighted by Gasteiger charge is -2.38. The van der Waals surface area contributed by atoms with Crippen LogP contribution < -0.4 is 5.73 Å². The first-order valence-corrected chi connectivity index (χ1v) is 6.71. The summed E-state index contributed by atoms with van der Waals surface area (Å²) in [6.45, 7) is 10.8. The van der Waals surface area contributed by atoms with Crippen molar-refractivity contribution in [2.45, 2.75) is 33.2 Å². The van der Waals surface area contributed by atoms with Crippen LogP contribution in [-0.2, 0) is 5.54 Å². The van der Waals surface area contributed by atoms with Gasteiger partial charge in [-0.15, -0.1) is 0 Å². The summed E-state index contributed by atoms with van der Waals surface area (Å²) < 4.78 is 14.0. The first-order valence-electron chi connectivity index (χ1n) is 6.71. The van der Waals surface area contributed by atoms with Crippen molar-refractivity contribution in [1.29, 1.82) is 0 Å². The van der Waals surface area contributed by atoms with E-state index in [1.165, 1.54) is 6.07 Å². The number of hydrogen-bond donors (Lipinski definition) is 1. The highest BCUT2D eigenvalue weighted by molar-refractivity contribution is 5.27. The summed E-state index contributed by atoms with van der Waals surface area (Å²) in [5.74, 6) is -0.0316. The van der Waals surface area contributed by atoms with Gasteiger partial charge in [-0.1, -0.05) is 45.9 Å². The summed E-state index contributed by atoms with van der Waals surface area (Å²) in [6.07, 6.45) is 0. The normalized spacial score (nSPS) is 15.1. The molecule has 102 valence electrons. The van der Waals surface area contributed by atoms with Crippen molar-refractivity contribution in [3.05, 3.63) is 35.6 Å². The Balaban J connectivity index is 3.11.